The molecule has 0 unspecified atom stereocenters. The largest absolute Gasteiger partial charge is 0.497 e. The van der Waals surface area contributed by atoms with Gasteiger partial charge in [0.25, 0.3) is 5.56 Å². The van der Waals surface area contributed by atoms with E-state index in [1.165, 1.54) is 16.0 Å². The Bertz CT molecular complexity index is 1020. The Labute approximate surface area is 161 Å². The molecule has 7 nitrogen and oxygen atoms in total. The number of fused-ring (bicyclic) bond motifs is 1. The number of ether oxygens (including phenoxy) is 1. The van der Waals surface area contributed by atoms with Crippen molar-refractivity contribution in [3.63, 3.8) is 0 Å². The van der Waals surface area contributed by atoms with Gasteiger partial charge in [-0.15, -0.1) is 11.3 Å². The van der Waals surface area contributed by atoms with Crippen LogP contribution in [-0.4, -0.2) is 27.8 Å². The molecule has 0 fully saturated rings. The highest BCUT2D eigenvalue weighted by molar-refractivity contribution is 7.18. The maximum Gasteiger partial charge on any atom is 0.294 e. The Kier molecular flexibility index (Phi) is 5.55. The number of nitrogens with one attached hydrogen (secondary N) is 1. The van der Waals surface area contributed by atoms with Crippen molar-refractivity contribution in [3.8, 4) is 5.75 Å². The van der Waals surface area contributed by atoms with Crippen LogP contribution in [0, 0.1) is 6.92 Å². The second-order valence-corrected chi connectivity index (χ2v) is 7.33. The first-order valence-electron chi connectivity index (χ1n) is 8.73. The standard InChI is InChI=1S/C19H22N4O3S/c1-5-16-21-17-18(27-16)12(3)22-23(19(17)25)10-15(24)20-11(2)13-6-8-14(26-4)9-7-13/h6-9,11H,5,10H2,1-4H3,(H,20,24)/t11-/m0/s1. The lowest BCUT2D eigenvalue weighted by Crippen LogP contribution is -2.35. The van der Waals surface area contributed by atoms with Crippen molar-refractivity contribution < 1.29 is 9.53 Å². The molecule has 2 aromatic heterocycles. The third-order valence-corrected chi connectivity index (χ3v) is 5.61. The van der Waals surface area contributed by atoms with Crippen molar-refractivity contribution in [2.45, 2.75) is 39.8 Å². The molecule has 0 radical (unpaired) electrons. The minimum atomic E-state index is -0.334. The number of aryl methyl sites for hydroxylation is 2. The summed E-state index contributed by atoms with van der Waals surface area (Å²) in [6.45, 7) is 5.56. The van der Waals surface area contributed by atoms with Gasteiger partial charge in [-0.1, -0.05) is 19.1 Å². The number of benzene rings is 1. The van der Waals surface area contributed by atoms with Gasteiger partial charge in [0.1, 0.15) is 12.3 Å². The number of thiazole rings is 1. The molecule has 0 saturated heterocycles. The predicted octanol–water partition coefficient (Wildman–Crippen LogP) is 2.61. The average molecular weight is 386 g/mol. The van der Waals surface area contributed by atoms with Crippen LogP contribution < -0.4 is 15.6 Å². The highest BCUT2D eigenvalue weighted by Gasteiger charge is 2.16. The minimum absolute atomic E-state index is 0.144. The third-order valence-electron chi connectivity index (χ3n) is 4.30. The summed E-state index contributed by atoms with van der Waals surface area (Å²) in [5, 5.41) is 8.08. The highest BCUT2D eigenvalue weighted by atomic mass is 32.1. The van der Waals surface area contributed by atoms with Gasteiger partial charge < -0.3 is 10.1 Å². The summed E-state index contributed by atoms with van der Waals surface area (Å²) in [5.41, 5.74) is 1.71. The number of aromatic nitrogens is 3. The van der Waals surface area contributed by atoms with E-state index in [2.05, 4.69) is 15.4 Å². The second-order valence-electron chi connectivity index (χ2n) is 6.25. The summed E-state index contributed by atoms with van der Waals surface area (Å²) < 4.78 is 7.12. The summed E-state index contributed by atoms with van der Waals surface area (Å²) in [6, 6.07) is 7.27. The molecule has 0 aliphatic rings. The van der Waals surface area contributed by atoms with Crippen LogP contribution in [-0.2, 0) is 17.8 Å². The maximum absolute atomic E-state index is 12.6. The smallest absolute Gasteiger partial charge is 0.294 e. The number of carbonyl (C=O) groups is 1. The van der Waals surface area contributed by atoms with Crippen molar-refractivity contribution in [2.24, 2.45) is 0 Å². The molecule has 0 aliphatic heterocycles. The van der Waals surface area contributed by atoms with Gasteiger partial charge in [0, 0.05) is 0 Å². The molecule has 8 heteroatoms. The first-order chi connectivity index (χ1) is 12.9. The van der Waals surface area contributed by atoms with Crippen LogP contribution >= 0.6 is 11.3 Å². The van der Waals surface area contributed by atoms with Crippen LogP contribution in [0.2, 0.25) is 0 Å². The summed E-state index contributed by atoms with van der Waals surface area (Å²) in [7, 11) is 1.61. The zero-order chi connectivity index (χ0) is 19.6. The Balaban J connectivity index is 1.77. The summed E-state index contributed by atoms with van der Waals surface area (Å²) in [6.07, 6.45) is 0.762. The lowest BCUT2D eigenvalue weighted by Gasteiger charge is -2.15. The molecule has 27 heavy (non-hydrogen) atoms. The SMILES string of the molecule is CCc1nc2c(=O)n(CC(=O)N[C@@H](C)c3ccc(OC)cc3)nc(C)c2s1. The predicted molar refractivity (Wildman–Crippen MR) is 105 cm³/mol. The average Bonchev–Trinajstić information content (AvgIpc) is 3.11. The van der Waals surface area contributed by atoms with Gasteiger partial charge >= 0.3 is 0 Å². The fourth-order valence-corrected chi connectivity index (χ4v) is 3.74. The molecule has 142 valence electrons. The molecule has 3 aromatic rings. The first kappa shape index (κ1) is 19.0. The number of hydrogen-bond donors (Lipinski definition) is 1. The van der Waals surface area contributed by atoms with E-state index in [1.54, 1.807) is 7.11 Å². The molecule has 0 spiro atoms. The lowest BCUT2D eigenvalue weighted by atomic mass is 10.1. The zero-order valence-electron chi connectivity index (χ0n) is 15.8. The molecule has 1 atom stereocenters. The lowest BCUT2D eigenvalue weighted by molar-refractivity contribution is -0.122. The van der Waals surface area contributed by atoms with E-state index in [0.717, 1.165) is 27.4 Å². The van der Waals surface area contributed by atoms with Gasteiger partial charge in [-0.25, -0.2) is 9.67 Å². The minimum Gasteiger partial charge on any atom is -0.497 e. The van der Waals surface area contributed by atoms with Crippen LogP contribution in [0.3, 0.4) is 0 Å². The van der Waals surface area contributed by atoms with Crippen molar-refractivity contribution in [1.29, 1.82) is 0 Å². The van der Waals surface area contributed by atoms with E-state index < -0.39 is 0 Å². The number of carbonyl (C=O) groups excluding carboxylic acids is 1. The number of hydrogen-bond acceptors (Lipinski definition) is 6. The Morgan fingerprint density at radius 2 is 2.04 bits per heavy atom. The van der Waals surface area contributed by atoms with Crippen molar-refractivity contribution in [3.05, 3.63) is 50.9 Å². The molecule has 2 heterocycles. The summed E-state index contributed by atoms with van der Waals surface area (Å²) >= 11 is 1.48. The van der Waals surface area contributed by atoms with Crippen LogP contribution in [0.1, 0.15) is 36.2 Å². The van der Waals surface area contributed by atoms with E-state index >= 15 is 0 Å². The fourth-order valence-electron chi connectivity index (χ4n) is 2.81. The van der Waals surface area contributed by atoms with Crippen molar-refractivity contribution in [1.82, 2.24) is 20.1 Å². The van der Waals surface area contributed by atoms with E-state index in [1.807, 2.05) is 45.0 Å². The third kappa shape index (κ3) is 4.00. The van der Waals surface area contributed by atoms with Crippen LogP contribution in [0.4, 0.5) is 0 Å². The summed E-state index contributed by atoms with van der Waals surface area (Å²) in [4.78, 5) is 29.4. The molecule has 1 aromatic carbocycles. The summed E-state index contributed by atoms with van der Waals surface area (Å²) in [5.74, 6) is 0.476. The molecular weight excluding hydrogens is 364 g/mol. The topological polar surface area (TPSA) is 86.1 Å². The molecule has 1 amide bonds. The molecule has 3 rings (SSSR count). The maximum atomic E-state index is 12.6. The fraction of sp³-hybridized carbons (Fsp3) is 0.368. The zero-order valence-corrected chi connectivity index (χ0v) is 16.6. The Hall–Kier alpha value is -2.74. The van der Waals surface area contributed by atoms with Gasteiger partial charge in [0.15, 0.2) is 5.52 Å². The Morgan fingerprint density at radius 1 is 1.33 bits per heavy atom. The van der Waals surface area contributed by atoms with Crippen LogP contribution in [0.15, 0.2) is 29.1 Å². The van der Waals surface area contributed by atoms with E-state index in [4.69, 9.17) is 4.74 Å². The van der Waals surface area contributed by atoms with Gasteiger partial charge in [0.05, 0.1) is 28.6 Å². The van der Waals surface area contributed by atoms with Gasteiger partial charge in [-0.2, -0.15) is 5.10 Å². The number of rotatable bonds is 6. The normalized spacial score (nSPS) is 12.1. The molecular formula is C19H22N4O3S. The molecule has 0 saturated carbocycles. The van der Waals surface area contributed by atoms with Gasteiger partial charge in [0.2, 0.25) is 5.91 Å². The van der Waals surface area contributed by atoms with E-state index in [-0.39, 0.29) is 24.1 Å². The highest BCUT2D eigenvalue weighted by Crippen LogP contribution is 2.22. The molecule has 1 N–H and O–H groups in total. The Morgan fingerprint density at radius 3 is 2.67 bits per heavy atom. The first-order valence-corrected chi connectivity index (χ1v) is 9.55. The van der Waals surface area contributed by atoms with E-state index in [9.17, 15) is 9.59 Å². The molecule has 0 bridgehead atoms. The van der Waals surface area contributed by atoms with Crippen molar-refractivity contribution >= 4 is 27.5 Å². The number of methoxy groups -OCH3 is 1. The van der Waals surface area contributed by atoms with E-state index in [0.29, 0.717) is 11.2 Å². The quantitative estimate of drug-likeness (QED) is 0.704. The number of nitrogens with zero attached hydrogens (tertiary/aromatic N) is 3. The van der Waals surface area contributed by atoms with Crippen LogP contribution in [0.5, 0.6) is 5.75 Å². The number of amides is 1. The van der Waals surface area contributed by atoms with Crippen molar-refractivity contribution in [2.75, 3.05) is 7.11 Å². The monoisotopic (exact) mass is 386 g/mol. The van der Waals surface area contributed by atoms with Gasteiger partial charge in [-0.05, 0) is 38.0 Å². The molecule has 0 aliphatic carbocycles. The van der Waals surface area contributed by atoms with Crippen LogP contribution in [0.25, 0.3) is 10.2 Å². The second kappa shape index (κ2) is 7.87. The van der Waals surface area contributed by atoms with Gasteiger partial charge in [-0.3, -0.25) is 9.59 Å².